The average molecular weight is 292 g/mol. The standard InChI is InChI=1S/C16H28N4O/c1-2-5-16(6-9-17-10-7-16)15(21)19-8-3-4-12-20-13-11-18-14-20/h11,13-14,17H,2-10,12H2,1H3,(H,19,21). The Kier molecular flexibility index (Phi) is 6.23. The number of nitrogens with one attached hydrogen (secondary N) is 2. The summed E-state index contributed by atoms with van der Waals surface area (Å²) in [6.07, 6.45) is 11.7. The van der Waals surface area contributed by atoms with Crippen molar-refractivity contribution in [3.8, 4) is 0 Å². The Morgan fingerprint density at radius 2 is 2.19 bits per heavy atom. The molecule has 1 fully saturated rings. The smallest absolute Gasteiger partial charge is 0.226 e. The molecule has 2 N–H and O–H groups in total. The highest BCUT2D eigenvalue weighted by Gasteiger charge is 2.38. The van der Waals surface area contributed by atoms with Crippen LogP contribution in [0.2, 0.25) is 0 Å². The molecule has 2 heterocycles. The highest BCUT2D eigenvalue weighted by Crippen LogP contribution is 2.34. The number of carbonyl (C=O) groups is 1. The summed E-state index contributed by atoms with van der Waals surface area (Å²) in [5.74, 6) is 0.272. The number of imidazole rings is 1. The summed E-state index contributed by atoms with van der Waals surface area (Å²) < 4.78 is 2.08. The lowest BCUT2D eigenvalue weighted by Crippen LogP contribution is -2.47. The minimum atomic E-state index is -0.121. The zero-order valence-electron chi connectivity index (χ0n) is 13.1. The Hall–Kier alpha value is -1.36. The predicted octanol–water partition coefficient (Wildman–Crippen LogP) is 1.95. The number of aromatic nitrogens is 2. The summed E-state index contributed by atoms with van der Waals surface area (Å²) in [5, 5.41) is 6.52. The number of rotatable bonds is 8. The zero-order chi connectivity index (χ0) is 15.0. The van der Waals surface area contributed by atoms with Gasteiger partial charge in [-0.2, -0.15) is 0 Å². The molecule has 21 heavy (non-hydrogen) atoms. The van der Waals surface area contributed by atoms with Crippen molar-refractivity contribution in [2.24, 2.45) is 5.41 Å². The fourth-order valence-corrected chi connectivity index (χ4v) is 3.20. The SMILES string of the molecule is CCCC1(C(=O)NCCCCn2ccnc2)CCNCC1. The average Bonchev–Trinajstić information content (AvgIpc) is 3.01. The van der Waals surface area contributed by atoms with Crippen molar-refractivity contribution in [3.63, 3.8) is 0 Å². The number of piperidine rings is 1. The third-order valence-electron chi connectivity index (χ3n) is 4.46. The van der Waals surface area contributed by atoms with Crippen LogP contribution < -0.4 is 10.6 Å². The second-order valence-corrected chi connectivity index (χ2v) is 6.04. The highest BCUT2D eigenvalue weighted by atomic mass is 16.2. The van der Waals surface area contributed by atoms with Crippen LogP contribution in [0.4, 0.5) is 0 Å². The molecule has 0 spiro atoms. The molecule has 1 saturated heterocycles. The minimum Gasteiger partial charge on any atom is -0.356 e. The van der Waals surface area contributed by atoms with Gasteiger partial charge in [0.05, 0.1) is 11.7 Å². The zero-order valence-corrected chi connectivity index (χ0v) is 13.1. The molecule has 0 bridgehead atoms. The maximum atomic E-state index is 12.5. The Balaban J connectivity index is 1.69. The van der Waals surface area contributed by atoms with Gasteiger partial charge in [-0.25, -0.2) is 4.98 Å². The van der Waals surface area contributed by atoms with Gasteiger partial charge in [-0.3, -0.25) is 4.79 Å². The molecule has 0 unspecified atom stereocenters. The number of nitrogens with zero attached hydrogens (tertiary/aromatic N) is 2. The van der Waals surface area contributed by atoms with E-state index in [0.717, 1.165) is 64.7 Å². The Morgan fingerprint density at radius 1 is 1.38 bits per heavy atom. The fourth-order valence-electron chi connectivity index (χ4n) is 3.20. The van der Waals surface area contributed by atoms with Crippen molar-refractivity contribution < 1.29 is 4.79 Å². The Morgan fingerprint density at radius 3 is 2.86 bits per heavy atom. The fraction of sp³-hybridized carbons (Fsp3) is 0.750. The summed E-state index contributed by atoms with van der Waals surface area (Å²) in [6, 6.07) is 0. The molecule has 2 rings (SSSR count). The first-order valence-electron chi connectivity index (χ1n) is 8.21. The summed E-state index contributed by atoms with van der Waals surface area (Å²) in [6.45, 7) is 5.86. The van der Waals surface area contributed by atoms with E-state index in [4.69, 9.17) is 0 Å². The highest BCUT2D eigenvalue weighted by molar-refractivity contribution is 5.82. The van der Waals surface area contributed by atoms with Gasteiger partial charge in [-0.05, 0) is 45.2 Å². The van der Waals surface area contributed by atoms with Crippen molar-refractivity contribution in [3.05, 3.63) is 18.7 Å². The molecule has 1 aromatic heterocycles. The third kappa shape index (κ3) is 4.56. The number of hydrogen-bond acceptors (Lipinski definition) is 3. The van der Waals surface area contributed by atoms with E-state index in [9.17, 15) is 4.79 Å². The van der Waals surface area contributed by atoms with Crippen LogP contribution in [0.1, 0.15) is 45.4 Å². The molecule has 1 aliphatic heterocycles. The van der Waals surface area contributed by atoms with E-state index in [1.807, 2.05) is 12.5 Å². The Labute approximate surface area is 127 Å². The molecule has 0 saturated carbocycles. The van der Waals surface area contributed by atoms with E-state index in [0.29, 0.717) is 0 Å². The van der Waals surface area contributed by atoms with Crippen LogP contribution in [-0.4, -0.2) is 35.1 Å². The first-order valence-corrected chi connectivity index (χ1v) is 8.21. The molecular formula is C16H28N4O. The van der Waals surface area contributed by atoms with Crippen molar-refractivity contribution in [1.82, 2.24) is 20.2 Å². The molecule has 1 aliphatic rings. The van der Waals surface area contributed by atoms with Gasteiger partial charge in [0.25, 0.3) is 0 Å². The number of unbranched alkanes of at least 4 members (excludes halogenated alkanes) is 1. The van der Waals surface area contributed by atoms with E-state index in [1.165, 1.54) is 0 Å². The van der Waals surface area contributed by atoms with Gasteiger partial charge < -0.3 is 15.2 Å². The van der Waals surface area contributed by atoms with E-state index >= 15 is 0 Å². The molecule has 5 heteroatoms. The maximum Gasteiger partial charge on any atom is 0.226 e. The summed E-state index contributed by atoms with van der Waals surface area (Å²) in [5.41, 5.74) is -0.121. The molecule has 5 nitrogen and oxygen atoms in total. The molecule has 0 aliphatic carbocycles. The van der Waals surface area contributed by atoms with Crippen LogP contribution >= 0.6 is 0 Å². The first-order chi connectivity index (χ1) is 10.3. The van der Waals surface area contributed by atoms with Crippen LogP contribution in [0.15, 0.2) is 18.7 Å². The molecule has 118 valence electrons. The molecule has 0 atom stereocenters. The van der Waals surface area contributed by atoms with Gasteiger partial charge in [0.1, 0.15) is 0 Å². The lowest BCUT2D eigenvalue weighted by atomic mass is 9.74. The molecule has 0 radical (unpaired) electrons. The minimum absolute atomic E-state index is 0.121. The number of amides is 1. The molecule has 1 aromatic rings. The van der Waals surface area contributed by atoms with Crippen LogP contribution in [-0.2, 0) is 11.3 Å². The van der Waals surface area contributed by atoms with Crippen LogP contribution in [0.3, 0.4) is 0 Å². The monoisotopic (exact) mass is 292 g/mol. The second-order valence-electron chi connectivity index (χ2n) is 6.04. The van der Waals surface area contributed by atoms with E-state index in [1.54, 1.807) is 6.20 Å². The van der Waals surface area contributed by atoms with Gasteiger partial charge in [0.2, 0.25) is 5.91 Å². The molecular weight excluding hydrogens is 264 g/mol. The maximum absolute atomic E-state index is 12.5. The first kappa shape index (κ1) is 16.0. The lowest BCUT2D eigenvalue weighted by molar-refractivity contribution is -0.133. The van der Waals surface area contributed by atoms with E-state index < -0.39 is 0 Å². The van der Waals surface area contributed by atoms with Gasteiger partial charge >= 0.3 is 0 Å². The van der Waals surface area contributed by atoms with Gasteiger partial charge in [0, 0.05) is 25.5 Å². The van der Waals surface area contributed by atoms with Crippen LogP contribution in [0, 0.1) is 5.41 Å². The normalized spacial score (nSPS) is 17.6. The van der Waals surface area contributed by atoms with E-state index in [-0.39, 0.29) is 11.3 Å². The molecule has 1 amide bonds. The number of aryl methyl sites for hydroxylation is 1. The topological polar surface area (TPSA) is 59.0 Å². The largest absolute Gasteiger partial charge is 0.356 e. The summed E-state index contributed by atoms with van der Waals surface area (Å²) in [4.78, 5) is 16.6. The quantitative estimate of drug-likeness (QED) is 0.720. The second kappa shape index (κ2) is 8.17. The predicted molar refractivity (Wildman–Crippen MR) is 83.9 cm³/mol. The Bertz CT molecular complexity index is 404. The van der Waals surface area contributed by atoms with Crippen LogP contribution in [0.25, 0.3) is 0 Å². The van der Waals surface area contributed by atoms with E-state index in [2.05, 4.69) is 27.1 Å². The van der Waals surface area contributed by atoms with Crippen molar-refractivity contribution in [2.75, 3.05) is 19.6 Å². The van der Waals surface area contributed by atoms with Gasteiger partial charge in [-0.1, -0.05) is 13.3 Å². The number of carbonyl (C=O) groups excluding carboxylic acids is 1. The third-order valence-corrected chi connectivity index (χ3v) is 4.46. The van der Waals surface area contributed by atoms with Crippen molar-refractivity contribution in [1.29, 1.82) is 0 Å². The summed E-state index contributed by atoms with van der Waals surface area (Å²) >= 11 is 0. The summed E-state index contributed by atoms with van der Waals surface area (Å²) in [7, 11) is 0. The van der Waals surface area contributed by atoms with Crippen molar-refractivity contribution >= 4 is 5.91 Å². The number of hydrogen-bond donors (Lipinski definition) is 2. The van der Waals surface area contributed by atoms with Gasteiger partial charge in [0.15, 0.2) is 0 Å². The van der Waals surface area contributed by atoms with Crippen molar-refractivity contribution in [2.45, 2.75) is 52.0 Å². The van der Waals surface area contributed by atoms with Crippen LogP contribution in [0.5, 0.6) is 0 Å². The molecule has 0 aromatic carbocycles. The van der Waals surface area contributed by atoms with Gasteiger partial charge in [-0.15, -0.1) is 0 Å². The lowest BCUT2D eigenvalue weighted by Gasteiger charge is -2.36.